The molecule has 0 aliphatic carbocycles. The Morgan fingerprint density at radius 3 is 2.18 bits per heavy atom. The van der Waals surface area contributed by atoms with Gasteiger partial charge in [0, 0.05) is 55.5 Å². The summed E-state index contributed by atoms with van der Waals surface area (Å²) in [6.45, 7) is 1.59. The highest BCUT2D eigenvalue weighted by Gasteiger charge is 2.36. The van der Waals surface area contributed by atoms with Gasteiger partial charge in [0.25, 0.3) is 0 Å². The highest BCUT2D eigenvalue weighted by molar-refractivity contribution is 6.18. The summed E-state index contributed by atoms with van der Waals surface area (Å²) in [5.41, 5.74) is 1.34. The van der Waals surface area contributed by atoms with Crippen LogP contribution < -0.4 is 0 Å². The van der Waals surface area contributed by atoms with Crippen molar-refractivity contribution in [3.63, 3.8) is 0 Å². The first-order chi connectivity index (χ1) is 8.24. The maximum absolute atomic E-state index is 5.78. The first-order valence-corrected chi connectivity index (χ1v) is 7.46. The summed E-state index contributed by atoms with van der Waals surface area (Å²) in [5.74, 6) is 1.22. The minimum atomic E-state index is 0.612. The average Bonchev–Trinajstić information content (AvgIpc) is 2.53. The van der Waals surface area contributed by atoms with Crippen LogP contribution in [0.3, 0.4) is 0 Å². The molecular weight excluding hydrogens is 257 g/mol. The zero-order valence-electron chi connectivity index (χ0n) is 10.4. The average molecular weight is 278 g/mol. The van der Waals surface area contributed by atoms with Crippen LogP contribution in [0.15, 0.2) is 5.10 Å². The highest BCUT2D eigenvalue weighted by atomic mass is 35.5. The van der Waals surface area contributed by atoms with Crippen molar-refractivity contribution in [1.82, 2.24) is 9.91 Å². The third kappa shape index (κ3) is 3.27. The lowest BCUT2D eigenvalue weighted by Crippen LogP contribution is -2.41. The number of alkyl halides is 2. The Morgan fingerprint density at radius 2 is 1.71 bits per heavy atom. The number of hydrogen-bond acceptors (Lipinski definition) is 3. The lowest BCUT2D eigenvalue weighted by atomic mass is 10.0. The van der Waals surface area contributed by atoms with Gasteiger partial charge < -0.3 is 0 Å². The second-order valence-electron chi connectivity index (χ2n) is 4.96. The minimum absolute atomic E-state index is 0.612. The summed E-state index contributed by atoms with van der Waals surface area (Å²) in [4.78, 5) is 2.52. The fourth-order valence-corrected chi connectivity index (χ4v) is 3.29. The lowest BCUT2D eigenvalue weighted by molar-refractivity contribution is 0.226. The van der Waals surface area contributed by atoms with E-state index in [4.69, 9.17) is 28.3 Å². The SMILES string of the molecule is CN1C2CCC1CC(=NN(CCCl)CCCl)C2. The molecule has 0 saturated carbocycles. The molecule has 0 aromatic carbocycles. The molecule has 0 amide bonds. The predicted molar refractivity (Wildman–Crippen MR) is 74.3 cm³/mol. The summed E-state index contributed by atoms with van der Waals surface area (Å²) in [5, 5.41) is 6.77. The third-order valence-corrected chi connectivity index (χ3v) is 4.23. The summed E-state index contributed by atoms with van der Waals surface area (Å²) < 4.78 is 0. The van der Waals surface area contributed by atoms with Crippen LogP contribution in [0.1, 0.15) is 25.7 Å². The predicted octanol–water partition coefficient (Wildman–Crippen LogP) is 2.38. The Labute approximate surface area is 114 Å². The number of rotatable bonds is 5. The van der Waals surface area contributed by atoms with Gasteiger partial charge in [-0.25, -0.2) is 0 Å². The van der Waals surface area contributed by atoms with E-state index < -0.39 is 0 Å². The molecular formula is C12H21Cl2N3. The molecule has 0 N–H and O–H groups in total. The van der Waals surface area contributed by atoms with E-state index in [0.29, 0.717) is 23.8 Å². The van der Waals surface area contributed by atoms with Crippen molar-refractivity contribution in [3.05, 3.63) is 0 Å². The Bertz CT molecular complexity index is 261. The van der Waals surface area contributed by atoms with Crippen molar-refractivity contribution in [1.29, 1.82) is 0 Å². The van der Waals surface area contributed by atoms with Crippen LogP contribution in [0.4, 0.5) is 0 Å². The molecule has 2 saturated heterocycles. The molecule has 2 atom stereocenters. The molecule has 2 aliphatic heterocycles. The second-order valence-corrected chi connectivity index (χ2v) is 5.71. The Morgan fingerprint density at radius 1 is 1.18 bits per heavy atom. The van der Waals surface area contributed by atoms with E-state index in [9.17, 15) is 0 Å². The van der Waals surface area contributed by atoms with E-state index in [-0.39, 0.29) is 0 Å². The number of piperidine rings is 1. The van der Waals surface area contributed by atoms with Gasteiger partial charge >= 0.3 is 0 Å². The molecule has 2 heterocycles. The lowest BCUT2D eigenvalue weighted by Gasteiger charge is -2.32. The quantitative estimate of drug-likeness (QED) is 0.568. The van der Waals surface area contributed by atoms with E-state index in [2.05, 4.69) is 11.9 Å². The standard InChI is InChI=1S/C12H21Cl2N3/c1-16-11-2-3-12(16)9-10(8-11)15-17(6-4-13)7-5-14/h11-12H,2-9H2,1H3. The van der Waals surface area contributed by atoms with Crippen molar-refractivity contribution in [2.75, 3.05) is 31.9 Å². The fourth-order valence-electron chi connectivity index (χ4n) is 2.90. The third-order valence-electron chi connectivity index (χ3n) is 3.90. The van der Waals surface area contributed by atoms with Crippen LogP contribution in [-0.4, -0.2) is 59.6 Å². The van der Waals surface area contributed by atoms with Gasteiger partial charge in [0.2, 0.25) is 0 Å². The van der Waals surface area contributed by atoms with Gasteiger partial charge in [-0.2, -0.15) is 5.10 Å². The number of fused-ring (bicyclic) bond motifs is 2. The molecule has 3 nitrogen and oxygen atoms in total. The molecule has 0 aromatic heterocycles. The van der Waals surface area contributed by atoms with Gasteiger partial charge in [0.1, 0.15) is 0 Å². The van der Waals surface area contributed by atoms with Gasteiger partial charge in [-0.1, -0.05) is 0 Å². The van der Waals surface area contributed by atoms with E-state index in [1.165, 1.54) is 18.6 Å². The Hall–Kier alpha value is 0.01000. The van der Waals surface area contributed by atoms with Crippen LogP contribution in [0, 0.1) is 0 Å². The molecule has 2 bridgehead atoms. The van der Waals surface area contributed by atoms with Crippen LogP contribution in [0.25, 0.3) is 0 Å². The van der Waals surface area contributed by atoms with Gasteiger partial charge in [-0.3, -0.25) is 9.91 Å². The van der Waals surface area contributed by atoms with Crippen LogP contribution in [0.5, 0.6) is 0 Å². The van der Waals surface area contributed by atoms with Crippen LogP contribution in [0.2, 0.25) is 0 Å². The van der Waals surface area contributed by atoms with Crippen LogP contribution in [-0.2, 0) is 0 Å². The number of halogens is 2. The topological polar surface area (TPSA) is 18.8 Å². The van der Waals surface area contributed by atoms with Gasteiger partial charge in [0.05, 0.1) is 0 Å². The monoisotopic (exact) mass is 277 g/mol. The second kappa shape index (κ2) is 6.26. The molecule has 2 aliphatic rings. The normalized spacial score (nSPS) is 28.5. The van der Waals surface area contributed by atoms with Gasteiger partial charge in [-0.15, -0.1) is 23.2 Å². The number of nitrogens with zero attached hydrogens (tertiary/aromatic N) is 3. The fraction of sp³-hybridized carbons (Fsp3) is 0.917. The molecule has 5 heteroatoms. The Balaban J connectivity index is 1.97. The van der Waals surface area contributed by atoms with Crippen molar-refractivity contribution < 1.29 is 0 Å². The van der Waals surface area contributed by atoms with Crippen molar-refractivity contribution in [2.24, 2.45) is 5.10 Å². The largest absolute Gasteiger partial charge is 0.300 e. The van der Waals surface area contributed by atoms with Gasteiger partial charge in [0.15, 0.2) is 0 Å². The molecule has 2 fully saturated rings. The number of hydrazone groups is 1. The summed E-state index contributed by atoms with van der Waals surface area (Å²) in [7, 11) is 2.24. The molecule has 17 heavy (non-hydrogen) atoms. The van der Waals surface area contributed by atoms with E-state index in [1.54, 1.807) is 0 Å². The van der Waals surface area contributed by atoms with Crippen molar-refractivity contribution >= 4 is 28.9 Å². The first kappa shape index (κ1) is 13.4. The molecule has 0 radical (unpaired) electrons. The molecule has 0 aromatic rings. The molecule has 98 valence electrons. The Kier molecular flexibility index (Phi) is 4.95. The zero-order valence-corrected chi connectivity index (χ0v) is 11.9. The summed E-state index contributed by atoms with van der Waals surface area (Å²) >= 11 is 11.6. The van der Waals surface area contributed by atoms with Gasteiger partial charge in [-0.05, 0) is 19.9 Å². The highest BCUT2D eigenvalue weighted by Crippen LogP contribution is 2.32. The van der Waals surface area contributed by atoms with E-state index in [0.717, 1.165) is 25.9 Å². The zero-order chi connectivity index (χ0) is 12.3. The van der Waals surface area contributed by atoms with Crippen molar-refractivity contribution in [2.45, 2.75) is 37.8 Å². The van der Waals surface area contributed by atoms with Crippen molar-refractivity contribution in [3.8, 4) is 0 Å². The maximum atomic E-state index is 5.78. The van der Waals surface area contributed by atoms with Crippen LogP contribution >= 0.6 is 23.2 Å². The first-order valence-electron chi connectivity index (χ1n) is 6.39. The number of hydrogen-bond donors (Lipinski definition) is 0. The summed E-state index contributed by atoms with van der Waals surface area (Å²) in [6.07, 6.45) is 4.89. The van der Waals surface area contributed by atoms with E-state index in [1.807, 2.05) is 5.01 Å². The molecule has 0 spiro atoms. The summed E-state index contributed by atoms with van der Waals surface area (Å²) in [6, 6.07) is 1.42. The minimum Gasteiger partial charge on any atom is -0.300 e. The molecule has 2 unspecified atom stereocenters. The van der Waals surface area contributed by atoms with E-state index >= 15 is 0 Å². The maximum Gasteiger partial charge on any atom is 0.0496 e. The molecule has 2 rings (SSSR count). The smallest absolute Gasteiger partial charge is 0.0496 e.